The van der Waals surface area contributed by atoms with Gasteiger partial charge in [-0.3, -0.25) is 14.2 Å². The van der Waals surface area contributed by atoms with Crippen LogP contribution in [0.15, 0.2) is 47.2 Å². The third-order valence-corrected chi connectivity index (χ3v) is 4.79. The summed E-state index contributed by atoms with van der Waals surface area (Å²) >= 11 is 0. The van der Waals surface area contributed by atoms with Gasteiger partial charge in [0.1, 0.15) is 6.54 Å². The summed E-state index contributed by atoms with van der Waals surface area (Å²) in [5.74, 6) is 0.00447. The van der Waals surface area contributed by atoms with Gasteiger partial charge in [0.15, 0.2) is 0 Å². The van der Waals surface area contributed by atoms with Crippen LogP contribution in [0.4, 0.5) is 0 Å². The molecule has 124 valence electrons. The van der Waals surface area contributed by atoms with Crippen LogP contribution in [-0.2, 0) is 11.3 Å². The lowest BCUT2D eigenvalue weighted by atomic mass is 10.0. The molecule has 2 aliphatic carbocycles. The molecule has 0 saturated heterocycles. The zero-order valence-corrected chi connectivity index (χ0v) is 13.6. The van der Waals surface area contributed by atoms with Gasteiger partial charge in [0, 0.05) is 11.7 Å². The van der Waals surface area contributed by atoms with E-state index in [1.807, 2.05) is 23.1 Å². The molecule has 0 atom stereocenters. The summed E-state index contributed by atoms with van der Waals surface area (Å²) < 4.78 is 1.43. The first-order valence-corrected chi connectivity index (χ1v) is 8.69. The number of hydrogen-bond donors (Lipinski definition) is 0. The minimum absolute atomic E-state index is 0.00447. The van der Waals surface area contributed by atoms with Gasteiger partial charge in [-0.15, -0.1) is 0 Å². The summed E-state index contributed by atoms with van der Waals surface area (Å²) in [5.41, 5.74) is 1.66. The normalized spacial score (nSPS) is 17.6. The van der Waals surface area contributed by atoms with Crippen molar-refractivity contribution in [3.63, 3.8) is 0 Å². The molecule has 1 aromatic heterocycles. The highest BCUT2D eigenvalue weighted by atomic mass is 16.2. The number of rotatable bonds is 4. The predicted molar refractivity (Wildman–Crippen MR) is 92.4 cm³/mol. The van der Waals surface area contributed by atoms with E-state index < -0.39 is 0 Å². The molecule has 0 bridgehead atoms. The molecule has 2 aliphatic rings. The maximum Gasteiger partial charge on any atom is 0.261 e. The number of nitrogens with zero attached hydrogens (tertiary/aromatic N) is 3. The summed E-state index contributed by atoms with van der Waals surface area (Å²) in [4.78, 5) is 31.7. The molecule has 0 spiro atoms. The topological polar surface area (TPSA) is 55.2 Å². The van der Waals surface area contributed by atoms with Gasteiger partial charge in [0.25, 0.3) is 5.56 Å². The van der Waals surface area contributed by atoms with Crippen LogP contribution in [0.2, 0.25) is 0 Å². The maximum absolute atomic E-state index is 12.9. The van der Waals surface area contributed by atoms with E-state index in [-0.39, 0.29) is 18.0 Å². The summed E-state index contributed by atoms with van der Waals surface area (Å²) in [7, 11) is 0. The van der Waals surface area contributed by atoms with Gasteiger partial charge in [-0.05, 0) is 50.7 Å². The molecule has 1 saturated carbocycles. The van der Waals surface area contributed by atoms with E-state index in [2.05, 4.69) is 11.1 Å². The molecule has 1 amide bonds. The molecular weight excluding hydrogens is 302 g/mol. The van der Waals surface area contributed by atoms with Crippen molar-refractivity contribution >= 4 is 16.8 Å². The minimum Gasteiger partial charge on any atom is -0.312 e. The third-order valence-electron chi connectivity index (χ3n) is 4.79. The second kappa shape index (κ2) is 6.23. The van der Waals surface area contributed by atoms with E-state index >= 15 is 0 Å². The number of amides is 1. The van der Waals surface area contributed by atoms with Crippen molar-refractivity contribution < 1.29 is 4.79 Å². The quantitative estimate of drug-likeness (QED) is 0.869. The molecule has 0 N–H and O–H groups in total. The highest BCUT2D eigenvalue weighted by molar-refractivity contribution is 5.80. The first-order valence-electron chi connectivity index (χ1n) is 8.69. The number of fused-ring (bicyclic) bond motifs is 1. The number of benzene rings is 1. The molecule has 5 nitrogen and oxygen atoms in total. The average molecular weight is 323 g/mol. The Balaban J connectivity index is 1.62. The second-order valence-corrected chi connectivity index (χ2v) is 6.63. The Labute approximate surface area is 140 Å². The number of aromatic nitrogens is 2. The molecule has 5 heteroatoms. The lowest BCUT2D eigenvalue weighted by molar-refractivity contribution is -0.130. The molecule has 0 unspecified atom stereocenters. The SMILES string of the molecule is O=C(Cn1cnc2ccccc2c1=O)N(C1=CCCCC1)C1CC1. The summed E-state index contributed by atoms with van der Waals surface area (Å²) in [6.07, 6.45) is 10.2. The zero-order chi connectivity index (χ0) is 16.5. The fourth-order valence-corrected chi connectivity index (χ4v) is 3.41. The van der Waals surface area contributed by atoms with Gasteiger partial charge in [0.05, 0.1) is 17.2 Å². The van der Waals surface area contributed by atoms with Crippen molar-refractivity contribution in [2.75, 3.05) is 0 Å². The zero-order valence-electron chi connectivity index (χ0n) is 13.6. The van der Waals surface area contributed by atoms with Crippen LogP contribution in [0, 0.1) is 0 Å². The molecular formula is C19H21N3O2. The Morgan fingerprint density at radius 2 is 2.08 bits per heavy atom. The summed E-state index contributed by atoms with van der Waals surface area (Å²) in [5, 5.41) is 0.558. The number of allylic oxidation sites excluding steroid dienone is 2. The van der Waals surface area contributed by atoms with Crippen LogP contribution < -0.4 is 5.56 Å². The Morgan fingerprint density at radius 3 is 2.83 bits per heavy atom. The van der Waals surface area contributed by atoms with E-state index in [4.69, 9.17) is 0 Å². The predicted octanol–water partition coefficient (Wildman–Crippen LogP) is 2.85. The van der Waals surface area contributed by atoms with Crippen molar-refractivity contribution in [1.29, 1.82) is 0 Å². The Bertz CT molecular complexity index is 864. The molecule has 1 aromatic carbocycles. The Kier molecular flexibility index (Phi) is 3.92. The Hall–Kier alpha value is -2.43. The van der Waals surface area contributed by atoms with E-state index in [1.54, 1.807) is 6.07 Å². The highest BCUT2D eigenvalue weighted by Crippen LogP contribution is 2.33. The van der Waals surface area contributed by atoms with Crippen LogP contribution in [0.3, 0.4) is 0 Å². The highest BCUT2D eigenvalue weighted by Gasteiger charge is 2.35. The molecule has 1 heterocycles. The van der Waals surface area contributed by atoms with Crippen LogP contribution in [-0.4, -0.2) is 26.4 Å². The molecule has 24 heavy (non-hydrogen) atoms. The maximum atomic E-state index is 12.9. The summed E-state index contributed by atoms with van der Waals surface area (Å²) in [6.45, 7) is 0.0600. The smallest absolute Gasteiger partial charge is 0.261 e. The van der Waals surface area contributed by atoms with E-state index in [1.165, 1.54) is 17.3 Å². The molecule has 2 aromatic rings. The lowest BCUT2D eigenvalue weighted by Crippen LogP contribution is -2.38. The third kappa shape index (κ3) is 2.86. The minimum atomic E-state index is -0.151. The van der Waals surface area contributed by atoms with Gasteiger partial charge in [0.2, 0.25) is 5.91 Å². The monoisotopic (exact) mass is 323 g/mol. The van der Waals surface area contributed by atoms with Gasteiger partial charge in [-0.1, -0.05) is 18.2 Å². The van der Waals surface area contributed by atoms with E-state index in [0.717, 1.165) is 37.8 Å². The number of para-hydroxylation sites is 1. The first-order chi connectivity index (χ1) is 11.7. The van der Waals surface area contributed by atoms with Crippen molar-refractivity contribution in [1.82, 2.24) is 14.5 Å². The summed E-state index contributed by atoms with van der Waals surface area (Å²) in [6, 6.07) is 7.57. The molecule has 0 aliphatic heterocycles. The molecule has 1 fully saturated rings. The van der Waals surface area contributed by atoms with Crippen molar-refractivity contribution in [2.24, 2.45) is 0 Å². The van der Waals surface area contributed by atoms with Gasteiger partial charge in [-0.2, -0.15) is 0 Å². The molecule has 0 radical (unpaired) electrons. The van der Waals surface area contributed by atoms with Gasteiger partial charge in [-0.25, -0.2) is 4.98 Å². The van der Waals surface area contributed by atoms with Crippen LogP contribution in [0.5, 0.6) is 0 Å². The van der Waals surface area contributed by atoms with E-state index in [9.17, 15) is 9.59 Å². The van der Waals surface area contributed by atoms with Gasteiger partial charge < -0.3 is 4.90 Å². The van der Waals surface area contributed by atoms with Crippen LogP contribution >= 0.6 is 0 Å². The average Bonchev–Trinajstić information content (AvgIpc) is 3.44. The molecule has 4 rings (SSSR count). The lowest BCUT2D eigenvalue weighted by Gasteiger charge is -2.28. The largest absolute Gasteiger partial charge is 0.312 e. The standard InChI is InChI=1S/C19H21N3O2/c23-18(22(15-10-11-15)14-6-2-1-3-7-14)12-21-13-20-17-9-5-4-8-16(17)19(21)24/h4-6,8-9,13,15H,1-3,7,10-12H2. The van der Waals surface area contributed by atoms with E-state index in [0.29, 0.717) is 16.9 Å². The van der Waals surface area contributed by atoms with Crippen molar-refractivity contribution in [3.8, 4) is 0 Å². The first kappa shape index (κ1) is 15.1. The fourth-order valence-electron chi connectivity index (χ4n) is 3.41. The second-order valence-electron chi connectivity index (χ2n) is 6.63. The van der Waals surface area contributed by atoms with Crippen LogP contribution in [0.25, 0.3) is 10.9 Å². The number of hydrogen-bond acceptors (Lipinski definition) is 3. The van der Waals surface area contributed by atoms with Gasteiger partial charge >= 0.3 is 0 Å². The number of carbonyl (C=O) groups excluding carboxylic acids is 1. The fraction of sp³-hybridized carbons (Fsp3) is 0.421. The Morgan fingerprint density at radius 1 is 1.25 bits per heavy atom. The number of carbonyl (C=O) groups is 1. The van der Waals surface area contributed by atoms with Crippen molar-refractivity contribution in [3.05, 3.63) is 52.7 Å². The van der Waals surface area contributed by atoms with Crippen LogP contribution in [0.1, 0.15) is 38.5 Å². The van der Waals surface area contributed by atoms with Crippen molar-refractivity contribution in [2.45, 2.75) is 51.1 Å².